The molecule has 1 saturated carbocycles. The summed E-state index contributed by atoms with van der Waals surface area (Å²) in [4.78, 5) is 11.8. The van der Waals surface area contributed by atoms with Gasteiger partial charge in [0.15, 0.2) is 12.6 Å². The number of ether oxygens (including phenoxy) is 6. The SMILES string of the molecule is CCCOC(=O)CCC/C=C\C[C@@H]1[C@@H](/C=C/[C@H](COc2cccc(C(F)(F)F)c2)OC2CCCCO2)[C@H](OC2CCCCO2)C[C@@H]1O. The van der Waals surface area contributed by atoms with E-state index in [0.717, 1.165) is 57.1 Å². The van der Waals surface area contributed by atoms with Gasteiger partial charge in [0.05, 0.1) is 24.4 Å². The van der Waals surface area contributed by atoms with Crippen LogP contribution in [0.3, 0.4) is 0 Å². The summed E-state index contributed by atoms with van der Waals surface area (Å²) in [7, 11) is 0. The number of halogens is 3. The van der Waals surface area contributed by atoms with E-state index in [4.69, 9.17) is 28.4 Å². The quantitative estimate of drug-likeness (QED) is 0.104. The van der Waals surface area contributed by atoms with E-state index in [9.17, 15) is 23.1 Å². The first-order valence-electron chi connectivity index (χ1n) is 17.2. The van der Waals surface area contributed by atoms with Crippen molar-refractivity contribution in [2.75, 3.05) is 26.4 Å². The highest BCUT2D eigenvalue weighted by molar-refractivity contribution is 5.69. The second-order valence-electron chi connectivity index (χ2n) is 12.5. The predicted molar refractivity (Wildman–Crippen MR) is 169 cm³/mol. The molecule has 0 aromatic heterocycles. The van der Waals surface area contributed by atoms with E-state index in [2.05, 4.69) is 0 Å². The van der Waals surface area contributed by atoms with Crippen LogP contribution in [0, 0.1) is 11.8 Å². The highest BCUT2D eigenvalue weighted by atomic mass is 19.4. The van der Waals surface area contributed by atoms with Crippen LogP contribution >= 0.6 is 0 Å². The number of carbonyl (C=O) groups excluding carboxylic acids is 1. The van der Waals surface area contributed by atoms with Gasteiger partial charge in [0, 0.05) is 32.0 Å². The first-order valence-corrected chi connectivity index (χ1v) is 17.2. The molecule has 2 unspecified atom stereocenters. The largest absolute Gasteiger partial charge is 0.491 e. The van der Waals surface area contributed by atoms with Gasteiger partial charge in [0.25, 0.3) is 0 Å². The van der Waals surface area contributed by atoms with Crippen LogP contribution in [0.2, 0.25) is 0 Å². The average molecular weight is 669 g/mol. The topological polar surface area (TPSA) is 92.7 Å². The van der Waals surface area contributed by atoms with Gasteiger partial charge in [-0.05, 0) is 88.3 Å². The monoisotopic (exact) mass is 668 g/mol. The molecule has 2 aliphatic heterocycles. The van der Waals surface area contributed by atoms with Gasteiger partial charge in [-0.1, -0.05) is 37.3 Å². The predicted octanol–water partition coefficient (Wildman–Crippen LogP) is 7.53. The average Bonchev–Trinajstić information content (AvgIpc) is 3.36. The summed E-state index contributed by atoms with van der Waals surface area (Å²) in [5.74, 6) is -0.397. The maximum Gasteiger partial charge on any atom is 0.416 e. The van der Waals surface area contributed by atoms with Gasteiger partial charge in [0.2, 0.25) is 0 Å². The van der Waals surface area contributed by atoms with Crippen LogP contribution in [0.15, 0.2) is 48.6 Å². The number of benzene rings is 1. The molecule has 4 rings (SSSR count). The van der Waals surface area contributed by atoms with Crippen LogP contribution in [0.25, 0.3) is 0 Å². The minimum atomic E-state index is -4.48. The Morgan fingerprint density at radius 3 is 2.55 bits per heavy atom. The lowest BCUT2D eigenvalue weighted by molar-refractivity contribution is -0.193. The van der Waals surface area contributed by atoms with Crippen LogP contribution in [0.4, 0.5) is 13.2 Å². The molecule has 2 heterocycles. The first kappa shape index (κ1) is 37.4. The van der Waals surface area contributed by atoms with Crippen LogP contribution < -0.4 is 4.74 Å². The zero-order valence-electron chi connectivity index (χ0n) is 27.4. The van der Waals surface area contributed by atoms with Crippen molar-refractivity contribution in [3.63, 3.8) is 0 Å². The van der Waals surface area contributed by atoms with Crippen molar-refractivity contribution in [3.8, 4) is 5.75 Å². The molecular formula is C36H51F3O8. The lowest BCUT2D eigenvalue weighted by atomic mass is 9.89. The minimum Gasteiger partial charge on any atom is -0.491 e. The van der Waals surface area contributed by atoms with Crippen molar-refractivity contribution in [1.29, 1.82) is 0 Å². The highest BCUT2D eigenvalue weighted by Crippen LogP contribution is 2.40. The Morgan fingerprint density at radius 1 is 1.09 bits per heavy atom. The van der Waals surface area contributed by atoms with Gasteiger partial charge in [-0.2, -0.15) is 13.2 Å². The summed E-state index contributed by atoms with van der Waals surface area (Å²) in [6.45, 7) is 3.60. The lowest BCUT2D eigenvalue weighted by Gasteiger charge is -2.30. The van der Waals surface area contributed by atoms with E-state index in [1.165, 1.54) is 12.1 Å². The zero-order valence-corrected chi connectivity index (χ0v) is 27.4. The summed E-state index contributed by atoms with van der Waals surface area (Å²) in [6, 6.07) is 4.80. The summed E-state index contributed by atoms with van der Waals surface area (Å²) < 4.78 is 75.1. The van der Waals surface area contributed by atoms with Crippen molar-refractivity contribution < 1.29 is 51.5 Å². The van der Waals surface area contributed by atoms with Gasteiger partial charge in [-0.15, -0.1) is 0 Å². The summed E-state index contributed by atoms with van der Waals surface area (Å²) in [5.41, 5.74) is -0.782. The molecule has 0 radical (unpaired) electrons. The van der Waals surface area contributed by atoms with E-state index in [1.54, 1.807) is 0 Å². The van der Waals surface area contributed by atoms with Gasteiger partial charge >= 0.3 is 12.1 Å². The number of aliphatic hydroxyl groups excluding tert-OH is 1. The smallest absolute Gasteiger partial charge is 0.416 e. The number of unbranched alkanes of at least 4 members (excludes halogenated alkanes) is 1. The van der Waals surface area contributed by atoms with Crippen molar-refractivity contribution in [3.05, 3.63) is 54.1 Å². The number of hydrogen-bond acceptors (Lipinski definition) is 8. The van der Waals surface area contributed by atoms with Gasteiger partial charge in [-0.3, -0.25) is 4.79 Å². The number of hydrogen-bond donors (Lipinski definition) is 1. The normalized spacial score (nSPS) is 27.8. The zero-order chi connectivity index (χ0) is 33.5. The molecule has 0 bridgehead atoms. The lowest BCUT2D eigenvalue weighted by Crippen LogP contribution is -2.32. The molecule has 0 spiro atoms. The van der Waals surface area contributed by atoms with Crippen LogP contribution in [-0.4, -0.2) is 68.4 Å². The summed E-state index contributed by atoms with van der Waals surface area (Å²) in [5, 5.41) is 11.2. The van der Waals surface area contributed by atoms with E-state index in [0.29, 0.717) is 51.9 Å². The minimum absolute atomic E-state index is 0.0184. The van der Waals surface area contributed by atoms with E-state index < -0.39 is 30.2 Å². The van der Waals surface area contributed by atoms with Crippen molar-refractivity contribution in [2.24, 2.45) is 11.8 Å². The second kappa shape index (κ2) is 19.5. The number of aliphatic hydroxyl groups is 1. The first-order chi connectivity index (χ1) is 22.7. The molecule has 3 fully saturated rings. The third-order valence-electron chi connectivity index (χ3n) is 8.74. The van der Waals surface area contributed by atoms with E-state index in [1.807, 2.05) is 31.2 Å². The standard InChI is InChI=1S/C36H51F3O8/c1-2-20-42-33(41)15-6-4-3-5-14-29-30(32(24-31(29)40)47-35-17-8-10-22-44-35)19-18-28(46-34-16-7-9-21-43-34)25-45-27-13-11-12-26(23-27)36(37,38)39/h3,5,11-13,18-19,23,28-32,34-35,40H,2,4,6-10,14-17,20-22,24-25H2,1H3/b5-3-,19-18+/t28-,29-,30-,31+,32-,34?,35?/m1/s1. The molecular weight excluding hydrogens is 617 g/mol. The fourth-order valence-corrected chi connectivity index (χ4v) is 6.21. The molecule has 47 heavy (non-hydrogen) atoms. The number of carbonyl (C=O) groups is 1. The molecule has 1 aliphatic carbocycles. The fraction of sp³-hybridized carbons (Fsp3) is 0.694. The van der Waals surface area contributed by atoms with Crippen molar-refractivity contribution >= 4 is 5.97 Å². The Bertz CT molecular complexity index is 1110. The Labute approximate surface area is 276 Å². The fourth-order valence-electron chi connectivity index (χ4n) is 6.21. The second-order valence-corrected chi connectivity index (χ2v) is 12.5. The van der Waals surface area contributed by atoms with Crippen LogP contribution in [0.1, 0.15) is 89.5 Å². The number of allylic oxidation sites excluding steroid dienone is 2. The Morgan fingerprint density at radius 2 is 1.85 bits per heavy atom. The number of esters is 1. The van der Waals surface area contributed by atoms with Crippen molar-refractivity contribution in [1.82, 2.24) is 0 Å². The molecule has 1 aromatic carbocycles. The maximum absolute atomic E-state index is 13.3. The van der Waals surface area contributed by atoms with Crippen molar-refractivity contribution in [2.45, 2.75) is 121 Å². The highest BCUT2D eigenvalue weighted by Gasteiger charge is 2.42. The maximum atomic E-state index is 13.3. The molecule has 1 aromatic rings. The van der Waals surface area contributed by atoms with E-state index >= 15 is 0 Å². The third-order valence-corrected chi connectivity index (χ3v) is 8.74. The van der Waals surface area contributed by atoms with Gasteiger partial charge in [-0.25, -0.2) is 0 Å². The Kier molecular flexibility index (Phi) is 15.5. The molecule has 264 valence electrons. The molecule has 7 atom stereocenters. The Balaban J connectivity index is 1.44. The molecule has 8 nitrogen and oxygen atoms in total. The molecule has 0 amide bonds. The molecule has 11 heteroatoms. The summed E-state index contributed by atoms with van der Waals surface area (Å²) >= 11 is 0. The third kappa shape index (κ3) is 12.8. The summed E-state index contributed by atoms with van der Waals surface area (Å²) in [6.07, 6.45) is 10.3. The molecule has 3 aliphatic rings. The van der Waals surface area contributed by atoms with Gasteiger partial charge in [0.1, 0.15) is 18.5 Å². The number of rotatable bonds is 17. The molecule has 1 N–H and O–H groups in total. The molecule has 2 saturated heterocycles. The van der Waals surface area contributed by atoms with E-state index in [-0.39, 0.29) is 42.6 Å². The van der Waals surface area contributed by atoms with Gasteiger partial charge < -0.3 is 33.5 Å². The van der Waals surface area contributed by atoms with Crippen LogP contribution in [-0.2, 0) is 34.7 Å². The number of alkyl halides is 3. The Hall–Kier alpha value is -2.44. The van der Waals surface area contributed by atoms with Crippen LogP contribution in [0.5, 0.6) is 5.75 Å².